The summed E-state index contributed by atoms with van der Waals surface area (Å²) in [6, 6.07) is 8.41. The molecule has 2 aromatic rings. The van der Waals surface area contributed by atoms with Gasteiger partial charge in [0.2, 0.25) is 0 Å². The second-order valence-electron chi connectivity index (χ2n) is 5.26. The number of nitrogens with zero attached hydrogens (tertiary/aromatic N) is 3. The molecule has 1 unspecified atom stereocenters. The number of anilines is 1. The smallest absolute Gasteiger partial charge is 0.165 e. The van der Waals surface area contributed by atoms with Crippen LogP contribution in [0.4, 0.5) is 5.69 Å². The Morgan fingerprint density at radius 2 is 2.05 bits per heavy atom. The van der Waals surface area contributed by atoms with Gasteiger partial charge in [-0.05, 0) is 18.1 Å². The lowest BCUT2D eigenvalue weighted by atomic mass is 10.0. The summed E-state index contributed by atoms with van der Waals surface area (Å²) in [5.74, 6) is 1.33. The standard InChI is InChI=1S/C15H22N4O/c1-11(2)14(9-20-4)17-13-8-6-5-7-12(13)15-18-16-10-19(15)3/h5-8,10-11,14,17H,9H2,1-4H3. The third kappa shape index (κ3) is 3.17. The van der Waals surface area contributed by atoms with E-state index in [0.29, 0.717) is 12.5 Å². The average molecular weight is 274 g/mol. The van der Waals surface area contributed by atoms with E-state index in [1.807, 2.05) is 23.7 Å². The molecule has 0 aliphatic rings. The fourth-order valence-corrected chi connectivity index (χ4v) is 2.11. The van der Waals surface area contributed by atoms with E-state index in [-0.39, 0.29) is 6.04 Å². The summed E-state index contributed by atoms with van der Waals surface area (Å²) in [5.41, 5.74) is 2.11. The molecular formula is C15H22N4O. The van der Waals surface area contributed by atoms with E-state index in [4.69, 9.17) is 4.74 Å². The van der Waals surface area contributed by atoms with Crippen LogP contribution in [0.15, 0.2) is 30.6 Å². The van der Waals surface area contributed by atoms with Crippen LogP contribution in [0, 0.1) is 5.92 Å². The second-order valence-corrected chi connectivity index (χ2v) is 5.26. The summed E-state index contributed by atoms with van der Waals surface area (Å²) < 4.78 is 7.21. The SMILES string of the molecule is COCC(Nc1ccccc1-c1nncn1C)C(C)C. The van der Waals surface area contributed by atoms with E-state index in [9.17, 15) is 0 Å². The van der Waals surface area contributed by atoms with Crippen LogP contribution in [0.1, 0.15) is 13.8 Å². The zero-order valence-corrected chi connectivity index (χ0v) is 12.5. The Morgan fingerprint density at radius 3 is 2.65 bits per heavy atom. The van der Waals surface area contributed by atoms with Gasteiger partial charge in [-0.1, -0.05) is 26.0 Å². The van der Waals surface area contributed by atoms with Crippen molar-refractivity contribution >= 4 is 5.69 Å². The van der Waals surface area contributed by atoms with Crippen LogP contribution in [0.5, 0.6) is 0 Å². The number of benzene rings is 1. The number of rotatable bonds is 6. The zero-order chi connectivity index (χ0) is 14.5. The summed E-state index contributed by atoms with van der Waals surface area (Å²) in [5, 5.41) is 11.7. The van der Waals surface area contributed by atoms with Crippen LogP contribution < -0.4 is 5.32 Å². The molecule has 1 aromatic heterocycles. The summed E-state index contributed by atoms with van der Waals surface area (Å²) in [6.45, 7) is 5.04. The quantitative estimate of drug-likeness (QED) is 0.879. The number of para-hydroxylation sites is 1. The maximum Gasteiger partial charge on any atom is 0.165 e. The van der Waals surface area contributed by atoms with E-state index in [0.717, 1.165) is 17.1 Å². The van der Waals surface area contributed by atoms with Crippen LogP contribution in [-0.2, 0) is 11.8 Å². The monoisotopic (exact) mass is 274 g/mol. The Morgan fingerprint density at radius 1 is 1.30 bits per heavy atom. The second kappa shape index (κ2) is 6.52. The molecule has 1 aromatic carbocycles. The number of ether oxygens (including phenoxy) is 1. The average Bonchev–Trinajstić information content (AvgIpc) is 2.85. The van der Waals surface area contributed by atoms with Crippen molar-refractivity contribution in [3.8, 4) is 11.4 Å². The van der Waals surface area contributed by atoms with Gasteiger partial charge < -0.3 is 14.6 Å². The van der Waals surface area contributed by atoms with E-state index in [1.54, 1.807) is 13.4 Å². The molecule has 108 valence electrons. The number of methoxy groups -OCH3 is 1. The minimum atomic E-state index is 0.259. The lowest BCUT2D eigenvalue weighted by molar-refractivity contribution is 0.171. The third-order valence-electron chi connectivity index (χ3n) is 3.37. The molecule has 5 nitrogen and oxygen atoms in total. The van der Waals surface area contributed by atoms with Gasteiger partial charge in [0.05, 0.1) is 12.6 Å². The fraction of sp³-hybridized carbons (Fsp3) is 0.467. The van der Waals surface area contributed by atoms with Crippen molar-refractivity contribution in [3.63, 3.8) is 0 Å². The van der Waals surface area contributed by atoms with Crippen LogP contribution in [0.2, 0.25) is 0 Å². The number of hydrogen-bond donors (Lipinski definition) is 1. The van der Waals surface area contributed by atoms with Gasteiger partial charge in [0.1, 0.15) is 6.33 Å². The van der Waals surface area contributed by atoms with Gasteiger partial charge in [0.15, 0.2) is 5.82 Å². The van der Waals surface area contributed by atoms with Crippen molar-refractivity contribution in [1.29, 1.82) is 0 Å². The Labute approximate surface area is 120 Å². The predicted molar refractivity (Wildman–Crippen MR) is 80.6 cm³/mol. The van der Waals surface area contributed by atoms with Gasteiger partial charge in [-0.2, -0.15) is 0 Å². The van der Waals surface area contributed by atoms with Crippen molar-refractivity contribution in [2.45, 2.75) is 19.9 Å². The summed E-state index contributed by atoms with van der Waals surface area (Å²) in [6.07, 6.45) is 1.71. The van der Waals surface area contributed by atoms with Crippen molar-refractivity contribution in [2.75, 3.05) is 19.0 Å². The Hall–Kier alpha value is -1.88. The van der Waals surface area contributed by atoms with Gasteiger partial charge in [-0.3, -0.25) is 0 Å². The van der Waals surface area contributed by atoms with E-state index < -0.39 is 0 Å². The van der Waals surface area contributed by atoms with Gasteiger partial charge in [0, 0.05) is 25.4 Å². The minimum Gasteiger partial charge on any atom is -0.383 e. The number of nitrogens with one attached hydrogen (secondary N) is 1. The maximum absolute atomic E-state index is 5.30. The van der Waals surface area contributed by atoms with E-state index in [2.05, 4.69) is 41.5 Å². The Bertz CT molecular complexity index is 550. The summed E-state index contributed by atoms with van der Waals surface area (Å²) in [7, 11) is 3.67. The first kappa shape index (κ1) is 14.5. The molecule has 0 amide bonds. The Balaban J connectivity index is 2.31. The lowest BCUT2D eigenvalue weighted by Crippen LogP contribution is -2.30. The molecule has 0 radical (unpaired) electrons. The fourth-order valence-electron chi connectivity index (χ4n) is 2.11. The molecule has 0 saturated heterocycles. The largest absolute Gasteiger partial charge is 0.383 e. The molecule has 20 heavy (non-hydrogen) atoms. The van der Waals surface area contributed by atoms with Crippen LogP contribution >= 0.6 is 0 Å². The molecule has 2 rings (SSSR count). The highest BCUT2D eigenvalue weighted by Gasteiger charge is 2.16. The zero-order valence-electron chi connectivity index (χ0n) is 12.5. The third-order valence-corrected chi connectivity index (χ3v) is 3.37. The molecule has 1 heterocycles. The molecular weight excluding hydrogens is 252 g/mol. The van der Waals surface area contributed by atoms with Gasteiger partial charge in [-0.15, -0.1) is 10.2 Å². The van der Waals surface area contributed by atoms with Crippen molar-refractivity contribution < 1.29 is 4.74 Å². The van der Waals surface area contributed by atoms with E-state index >= 15 is 0 Å². The van der Waals surface area contributed by atoms with Crippen molar-refractivity contribution in [1.82, 2.24) is 14.8 Å². The molecule has 0 bridgehead atoms. The van der Waals surface area contributed by atoms with E-state index in [1.165, 1.54) is 0 Å². The highest BCUT2D eigenvalue weighted by Crippen LogP contribution is 2.27. The van der Waals surface area contributed by atoms with Crippen LogP contribution in [0.25, 0.3) is 11.4 Å². The molecule has 0 saturated carbocycles. The highest BCUT2D eigenvalue weighted by atomic mass is 16.5. The molecule has 5 heteroatoms. The number of hydrogen-bond acceptors (Lipinski definition) is 4. The molecule has 1 N–H and O–H groups in total. The van der Waals surface area contributed by atoms with Crippen molar-refractivity contribution in [2.24, 2.45) is 13.0 Å². The molecule has 0 aliphatic carbocycles. The van der Waals surface area contributed by atoms with Gasteiger partial charge in [-0.25, -0.2) is 0 Å². The van der Waals surface area contributed by atoms with Crippen LogP contribution in [0.3, 0.4) is 0 Å². The lowest BCUT2D eigenvalue weighted by Gasteiger charge is -2.24. The molecule has 0 fully saturated rings. The van der Waals surface area contributed by atoms with Crippen LogP contribution in [-0.4, -0.2) is 34.5 Å². The normalized spacial score (nSPS) is 12.7. The molecule has 0 aliphatic heterocycles. The summed E-state index contributed by atoms with van der Waals surface area (Å²) >= 11 is 0. The topological polar surface area (TPSA) is 52.0 Å². The van der Waals surface area contributed by atoms with Crippen molar-refractivity contribution in [3.05, 3.63) is 30.6 Å². The Kier molecular flexibility index (Phi) is 4.74. The van der Waals surface area contributed by atoms with Gasteiger partial charge >= 0.3 is 0 Å². The molecule has 0 spiro atoms. The number of aryl methyl sites for hydroxylation is 1. The first-order valence-corrected chi connectivity index (χ1v) is 6.82. The maximum atomic E-state index is 5.30. The predicted octanol–water partition coefficient (Wildman–Crippen LogP) is 2.57. The minimum absolute atomic E-state index is 0.259. The molecule has 1 atom stereocenters. The number of aromatic nitrogens is 3. The first-order chi connectivity index (χ1) is 9.63. The highest BCUT2D eigenvalue weighted by molar-refractivity contribution is 5.73. The summed E-state index contributed by atoms with van der Waals surface area (Å²) in [4.78, 5) is 0. The van der Waals surface area contributed by atoms with Gasteiger partial charge in [0.25, 0.3) is 0 Å². The first-order valence-electron chi connectivity index (χ1n) is 6.82.